The van der Waals surface area contributed by atoms with Gasteiger partial charge in [-0.1, -0.05) is 30.3 Å². The Kier molecular flexibility index (Phi) is 4.33. The molecule has 0 amide bonds. The van der Waals surface area contributed by atoms with Gasteiger partial charge in [-0.05, 0) is 23.8 Å². The first-order chi connectivity index (χ1) is 8.70. The Morgan fingerprint density at radius 1 is 1.00 bits per heavy atom. The molecule has 0 aliphatic rings. The lowest BCUT2D eigenvalue weighted by Gasteiger charge is -2.14. The molecule has 0 saturated carbocycles. The zero-order chi connectivity index (χ0) is 13.0. The molecule has 94 valence electrons. The van der Waals surface area contributed by atoms with Crippen molar-refractivity contribution in [2.45, 2.75) is 10.1 Å². The molecule has 4 heteroatoms. The number of nitrogens with two attached hydrogens (primary N) is 1. The Hall–Kier alpha value is -1.39. The third kappa shape index (κ3) is 3.09. The standard InChI is InChI=1S/C14H13F2NS/c15-12-7-6-11(8-13(12)16)18-14(9-17)10-4-2-1-3-5-10/h1-8,14H,9,17H2. The van der Waals surface area contributed by atoms with E-state index >= 15 is 0 Å². The quantitative estimate of drug-likeness (QED) is 0.852. The van der Waals surface area contributed by atoms with Crippen molar-refractivity contribution in [2.75, 3.05) is 6.54 Å². The first-order valence-corrected chi connectivity index (χ1v) is 6.45. The van der Waals surface area contributed by atoms with Crippen LogP contribution in [0.5, 0.6) is 0 Å². The van der Waals surface area contributed by atoms with E-state index in [9.17, 15) is 8.78 Å². The number of rotatable bonds is 4. The van der Waals surface area contributed by atoms with Crippen LogP contribution in [0, 0.1) is 11.6 Å². The van der Waals surface area contributed by atoms with Crippen molar-refractivity contribution in [3.63, 3.8) is 0 Å². The Labute approximate surface area is 109 Å². The van der Waals surface area contributed by atoms with Gasteiger partial charge in [-0.25, -0.2) is 8.78 Å². The maximum absolute atomic E-state index is 13.1. The first kappa shape index (κ1) is 13.1. The molecule has 1 atom stereocenters. The summed E-state index contributed by atoms with van der Waals surface area (Å²) < 4.78 is 25.9. The van der Waals surface area contributed by atoms with Gasteiger partial charge in [0.2, 0.25) is 0 Å². The normalized spacial score (nSPS) is 12.4. The first-order valence-electron chi connectivity index (χ1n) is 5.57. The van der Waals surface area contributed by atoms with Crippen LogP contribution in [-0.2, 0) is 0 Å². The maximum Gasteiger partial charge on any atom is 0.159 e. The van der Waals surface area contributed by atoms with Gasteiger partial charge in [-0.15, -0.1) is 11.8 Å². The highest BCUT2D eigenvalue weighted by Gasteiger charge is 2.12. The summed E-state index contributed by atoms with van der Waals surface area (Å²) in [5.41, 5.74) is 6.81. The number of halogens is 2. The number of hydrogen-bond acceptors (Lipinski definition) is 2. The van der Waals surface area contributed by atoms with Gasteiger partial charge in [0, 0.05) is 16.7 Å². The molecule has 0 radical (unpaired) electrons. The summed E-state index contributed by atoms with van der Waals surface area (Å²) in [6.45, 7) is 0.438. The predicted molar refractivity (Wildman–Crippen MR) is 70.5 cm³/mol. The molecule has 0 saturated heterocycles. The molecule has 0 heterocycles. The van der Waals surface area contributed by atoms with Crippen LogP contribution in [0.25, 0.3) is 0 Å². The highest BCUT2D eigenvalue weighted by Crippen LogP contribution is 2.34. The van der Waals surface area contributed by atoms with Crippen LogP contribution >= 0.6 is 11.8 Å². The van der Waals surface area contributed by atoms with E-state index in [2.05, 4.69) is 0 Å². The molecule has 2 aromatic rings. The van der Waals surface area contributed by atoms with Crippen LogP contribution in [0.4, 0.5) is 8.78 Å². The number of benzene rings is 2. The zero-order valence-corrected chi connectivity index (χ0v) is 10.5. The van der Waals surface area contributed by atoms with Gasteiger partial charge in [0.05, 0.1) is 0 Å². The second-order valence-corrected chi connectivity index (χ2v) is 5.10. The summed E-state index contributed by atoms with van der Waals surface area (Å²) in [6, 6.07) is 13.7. The molecule has 0 spiro atoms. The molecular formula is C14H13F2NS. The highest BCUT2D eigenvalue weighted by atomic mass is 32.2. The third-order valence-corrected chi connectivity index (χ3v) is 3.83. The summed E-state index contributed by atoms with van der Waals surface area (Å²) in [7, 11) is 0. The minimum absolute atomic E-state index is 0.0380. The Bertz CT molecular complexity index is 516. The average Bonchev–Trinajstić information content (AvgIpc) is 2.41. The van der Waals surface area contributed by atoms with Crippen molar-refractivity contribution in [3.05, 3.63) is 65.7 Å². The van der Waals surface area contributed by atoms with E-state index in [0.29, 0.717) is 11.4 Å². The van der Waals surface area contributed by atoms with Gasteiger partial charge in [0.15, 0.2) is 11.6 Å². The van der Waals surface area contributed by atoms with E-state index in [-0.39, 0.29) is 5.25 Å². The minimum atomic E-state index is -0.830. The second-order valence-electron chi connectivity index (χ2n) is 3.83. The predicted octanol–water partition coefficient (Wildman–Crippen LogP) is 3.76. The minimum Gasteiger partial charge on any atom is -0.329 e. The van der Waals surface area contributed by atoms with Crippen molar-refractivity contribution in [2.24, 2.45) is 5.73 Å². The topological polar surface area (TPSA) is 26.0 Å². The van der Waals surface area contributed by atoms with Crippen molar-refractivity contribution in [1.29, 1.82) is 0 Å². The molecule has 0 aliphatic carbocycles. The van der Waals surface area contributed by atoms with E-state index in [0.717, 1.165) is 11.6 Å². The zero-order valence-electron chi connectivity index (χ0n) is 9.64. The molecule has 2 aromatic carbocycles. The van der Waals surface area contributed by atoms with Crippen molar-refractivity contribution < 1.29 is 8.78 Å². The van der Waals surface area contributed by atoms with Crippen molar-refractivity contribution >= 4 is 11.8 Å². The average molecular weight is 265 g/mol. The molecule has 2 N–H and O–H groups in total. The number of hydrogen-bond donors (Lipinski definition) is 1. The van der Waals surface area contributed by atoms with Crippen LogP contribution in [0.15, 0.2) is 53.4 Å². The molecule has 0 aromatic heterocycles. The second kappa shape index (κ2) is 5.98. The third-order valence-electron chi connectivity index (χ3n) is 2.55. The lowest BCUT2D eigenvalue weighted by atomic mass is 10.1. The van der Waals surface area contributed by atoms with Gasteiger partial charge in [-0.2, -0.15) is 0 Å². The van der Waals surface area contributed by atoms with Crippen LogP contribution in [0.2, 0.25) is 0 Å². The van der Waals surface area contributed by atoms with Crippen LogP contribution in [0.1, 0.15) is 10.8 Å². The Morgan fingerprint density at radius 3 is 2.33 bits per heavy atom. The van der Waals surface area contributed by atoms with Crippen LogP contribution in [0.3, 0.4) is 0 Å². The van der Waals surface area contributed by atoms with Gasteiger partial charge < -0.3 is 5.73 Å². The Balaban J connectivity index is 2.18. The van der Waals surface area contributed by atoms with E-state index in [1.165, 1.54) is 17.8 Å². The fourth-order valence-corrected chi connectivity index (χ4v) is 2.67. The van der Waals surface area contributed by atoms with Gasteiger partial charge in [0.25, 0.3) is 0 Å². The van der Waals surface area contributed by atoms with Gasteiger partial charge >= 0.3 is 0 Å². The highest BCUT2D eigenvalue weighted by molar-refractivity contribution is 7.99. The molecule has 0 fully saturated rings. The molecule has 2 rings (SSSR count). The van der Waals surface area contributed by atoms with Crippen LogP contribution < -0.4 is 5.73 Å². The molecule has 1 nitrogen and oxygen atoms in total. The fraction of sp³-hybridized carbons (Fsp3) is 0.143. The monoisotopic (exact) mass is 265 g/mol. The molecular weight excluding hydrogens is 252 g/mol. The van der Waals surface area contributed by atoms with Crippen LogP contribution in [-0.4, -0.2) is 6.54 Å². The smallest absolute Gasteiger partial charge is 0.159 e. The Morgan fingerprint density at radius 2 is 1.72 bits per heavy atom. The summed E-state index contributed by atoms with van der Waals surface area (Å²) >= 11 is 1.43. The lowest BCUT2D eigenvalue weighted by Crippen LogP contribution is -2.09. The molecule has 0 aliphatic heterocycles. The fourth-order valence-electron chi connectivity index (χ4n) is 1.63. The summed E-state index contributed by atoms with van der Waals surface area (Å²) in [5, 5.41) is 0.0380. The molecule has 18 heavy (non-hydrogen) atoms. The van der Waals surface area contributed by atoms with E-state index in [1.807, 2.05) is 30.3 Å². The van der Waals surface area contributed by atoms with E-state index in [1.54, 1.807) is 6.07 Å². The summed E-state index contributed by atoms with van der Waals surface area (Å²) in [6.07, 6.45) is 0. The largest absolute Gasteiger partial charge is 0.329 e. The van der Waals surface area contributed by atoms with Crippen molar-refractivity contribution in [1.82, 2.24) is 0 Å². The summed E-state index contributed by atoms with van der Waals surface area (Å²) in [5.74, 6) is -1.66. The lowest BCUT2D eigenvalue weighted by molar-refractivity contribution is 0.506. The van der Waals surface area contributed by atoms with E-state index < -0.39 is 11.6 Å². The van der Waals surface area contributed by atoms with Crippen molar-refractivity contribution in [3.8, 4) is 0 Å². The van der Waals surface area contributed by atoms with E-state index in [4.69, 9.17) is 5.73 Å². The maximum atomic E-state index is 13.1. The SMILES string of the molecule is NCC(Sc1ccc(F)c(F)c1)c1ccccc1. The summed E-state index contributed by atoms with van der Waals surface area (Å²) in [4.78, 5) is 0.674. The molecule has 0 bridgehead atoms. The van der Waals surface area contributed by atoms with Gasteiger partial charge in [0.1, 0.15) is 0 Å². The van der Waals surface area contributed by atoms with Gasteiger partial charge in [-0.3, -0.25) is 0 Å². The molecule has 1 unspecified atom stereocenters. The number of thioether (sulfide) groups is 1.